The maximum Gasteiger partial charge on any atom is 0.125 e. The summed E-state index contributed by atoms with van der Waals surface area (Å²) in [7, 11) is 0. The van der Waals surface area contributed by atoms with Crippen molar-refractivity contribution in [1.82, 2.24) is 0 Å². The fraction of sp³-hybridized carbons (Fsp3) is 0.875. The Labute approximate surface area is 62.2 Å². The molecule has 0 saturated heterocycles. The number of carbonyl (C=O) groups excluding carboxylic acids is 1. The summed E-state index contributed by atoms with van der Waals surface area (Å²) in [6.07, 6.45) is 1.65. The average Bonchev–Trinajstić information content (AvgIpc) is 1.89. The molecule has 0 aliphatic heterocycles. The van der Waals surface area contributed by atoms with Crippen LogP contribution in [0.4, 0.5) is 0 Å². The third-order valence-corrected chi connectivity index (χ3v) is 2.14. The van der Waals surface area contributed by atoms with E-state index in [-0.39, 0.29) is 17.9 Å². The molecule has 10 heavy (non-hydrogen) atoms. The third kappa shape index (κ3) is 2.48. The molecule has 60 valence electrons. The Kier molecular flexibility index (Phi) is 3.58. The van der Waals surface area contributed by atoms with E-state index in [1.165, 1.54) is 0 Å². The average molecular weight is 144 g/mol. The number of hydrogen-bond acceptors (Lipinski definition) is 2. The summed E-state index contributed by atoms with van der Waals surface area (Å²) in [5, 5.41) is 8.58. The van der Waals surface area contributed by atoms with E-state index in [1.54, 1.807) is 0 Å². The second-order valence-corrected chi connectivity index (χ2v) is 3.35. The van der Waals surface area contributed by atoms with Gasteiger partial charge in [-0.2, -0.15) is 0 Å². The van der Waals surface area contributed by atoms with Gasteiger partial charge in [0.15, 0.2) is 0 Å². The lowest BCUT2D eigenvalue weighted by molar-refractivity contribution is -0.117. The third-order valence-electron chi connectivity index (χ3n) is 2.14. The summed E-state index contributed by atoms with van der Waals surface area (Å²) in [6.45, 7) is 5.92. The SMILES string of the molecule is C[C@@H](CCO)C(C)(C)C=O. The number of aliphatic hydroxyl groups excluding tert-OH is 1. The first kappa shape index (κ1) is 9.63. The van der Waals surface area contributed by atoms with Crippen LogP contribution in [0.2, 0.25) is 0 Å². The zero-order valence-corrected chi connectivity index (χ0v) is 6.92. The van der Waals surface area contributed by atoms with Crippen molar-refractivity contribution in [2.45, 2.75) is 27.2 Å². The lowest BCUT2D eigenvalue weighted by Gasteiger charge is -2.24. The molecule has 2 nitrogen and oxygen atoms in total. The minimum Gasteiger partial charge on any atom is -0.396 e. The molecule has 0 aromatic heterocycles. The highest BCUT2D eigenvalue weighted by Crippen LogP contribution is 2.25. The van der Waals surface area contributed by atoms with Gasteiger partial charge in [-0.05, 0) is 12.3 Å². The van der Waals surface area contributed by atoms with Crippen molar-refractivity contribution >= 4 is 6.29 Å². The maximum absolute atomic E-state index is 10.5. The van der Waals surface area contributed by atoms with Gasteiger partial charge in [0.25, 0.3) is 0 Å². The van der Waals surface area contributed by atoms with Crippen LogP contribution >= 0.6 is 0 Å². The molecular formula is C8H16O2. The van der Waals surface area contributed by atoms with E-state index in [2.05, 4.69) is 0 Å². The largest absolute Gasteiger partial charge is 0.396 e. The topological polar surface area (TPSA) is 37.3 Å². The monoisotopic (exact) mass is 144 g/mol. The fourth-order valence-electron chi connectivity index (χ4n) is 0.682. The molecule has 0 unspecified atom stereocenters. The Morgan fingerprint density at radius 1 is 1.60 bits per heavy atom. The molecule has 0 fully saturated rings. The summed E-state index contributed by atoms with van der Waals surface area (Å²) in [5.41, 5.74) is -0.289. The number of rotatable bonds is 4. The molecule has 0 amide bonds. The van der Waals surface area contributed by atoms with Gasteiger partial charge in [0, 0.05) is 12.0 Å². The number of aliphatic hydroxyl groups is 1. The van der Waals surface area contributed by atoms with E-state index >= 15 is 0 Å². The second-order valence-electron chi connectivity index (χ2n) is 3.35. The molecule has 0 spiro atoms. The molecule has 0 saturated carbocycles. The number of carbonyl (C=O) groups is 1. The van der Waals surface area contributed by atoms with Crippen LogP contribution in [0.15, 0.2) is 0 Å². The van der Waals surface area contributed by atoms with Gasteiger partial charge in [-0.1, -0.05) is 20.8 Å². The predicted molar refractivity (Wildman–Crippen MR) is 40.7 cm³/mol. The second kappa shape index (κ2) is 3.71. The molecule has 0 aromatic carbocycles. The first-order valence-electron chi connectivity index (χ1n) is 3.61. The Bertz CT molecular complexity index is 108. The molecule has 1 N–H and O–H groups in total. The summed E-state index contributed by atoms with van der Waals surface area (Å²) in [5.74, 6) is 0.259. The van der Waals surface area contributed by atoms with E-state index in [0.717, 1.165) is 6.29 Å². The minimum absolute atomic E-state index is 0.165. The molecule has 0 radical (unpaired) electrons. The smallest absolute Gasteiger partial charge is 0.125 e. The van der Waals surface area contributed by atoms with Crippen LogP contribution < -0.4 is 0 Å². The lowest BCUT2D eigenvalue weighted by atomic mass is 9.80. The molecule has 0 bridgehead atoms. The Morgan fingerprint density at radius 3 is 2.40 bits per heavy atom. The minimum atomic E-state index is -0.289. The molecule has 1 atom stereocenters. The predicted octanol–water partition coefficient (Wildman–Crippen LogP) is 1.23. The van der Waals surface area contributed by atoms with E-state index in [9.17, 15) is 4.79 Å². The molecular weight excluding hydrogens is 128 g/mol. The number of aldehydes is 1. The zero-order chi connectivity index (χ0) is 8.20. The molecule has 0 heterocycles. The highest BCUT2D eigenvalue weighted by Gasteiger charge is 2.23. The summed E-state index contributed by atoms with van der Waals surface area (Å²) in [4.78, 5) is 10.5. The summed E-state index contributed by atoms with van der Waals surface area (Å²) in [6, 6.07) is 0. The summed E-state index contributed by atoms with van der Waals surface area (Å²) < 4.78 is 0. The standard InChI is InChI=1S/C8H16O2/c1-7(4-5-9)8(2,3)6-10/h6-7,9H,4-5H2,1-3H3/t7-/m0/s1. The highest BCUT2D eigenvalue weighted by molar-refractivity contribution is 5.58. The molecule has 0 rings (SSSR count). The Morgan fingerprint density at radius 2 is 2.10 bits per heavy atom. The van der Waals surface area contributed by atoms with E-state index < -0.39 is 0 Å². The van der Waals surface area contributed by atoms with E-state index in [1.807, 2.05) is 20.8 Å². The van der Waals surface area contributed by atoms with Crippen LogP contribution in [0.5, 0.6) is 0 Å². The van der Waals surface area contributed by atoms with Crippen molar-refractivity contribution in [3.63, 3.8) is 0 Å². The van der Waals surface area contributed by atoms with Gasteiger partial charge in [0.2, 0.25) is 0 Å². The van der Waals surface area contributed by atoms with E-state index in [0.29, 0.717) is 6.42 Å². The van der Waals surface area contributed by atoms with E-state index in [4.69, 9.17) is 5.11 Å². The molecule has 0 aromatic rings. The first-order valence-corrected chi connectivity index (χ1v) is 3.61. The van der Waals surface area contributed by atoms with Gasteiger partial charge in [-0.15, -0.1) is 0 Å². The van der Waals surface area contributed by atoms with Crippen LogP contribution in [-0.4, -0.2) is 18.0 Å². The normalized spacial score (nSPS) is 14.8. The van der Waals surface area contributed by atoms with Crippen LogP contribution in [0.25, 0.3) is 0 Å². The van der Waals surface area contributed by atoms with Gasteiger partial charge in [-0.3, -0.25) is 0 Å². The van der Waals surface area contributed by atoms with Gasteiger partial charge in [0.05, 0.1) is 0 Å². The van der Waals surface area contributed by atoms with Crippen LogP contribution in [0.1, 0.15) is 27.2 Å². The molecule has 0 aliphatic rings. The van der Waals surface area contributed by atoms with Crippen LogP contribution in [0, 0.1) is 11.3 Å². The first-order chi connectivity index (χ1) is 4.54. The highest BCUT2D eigenvalue weighted by atomic mass is 16.3. The van der Waals surface area contributed by atoms with Crippen molar-refractivity contribution in [2.24, 2.45) is 11.3 Å². The Balaban J connectivity index is 3.90. The lowest BCUT2D eigenvalue weighted by Crippen LogP contribution is -2.23. The van der Waals surface area contributed by atoms with Crippen molar-refractivity contribution in [1.29, 1.82) is 0 Å². The van der Waals surface area contributed by atoms with Crippen LogP contribution in [0.3, 0.4) is 0 Å². The quantitative estimate of drug-likeness (QED) is 0.602. The molecule has 2 heteroatoms. The Hall–Kier alpha value is -0.370. The fourth-order valence-corrected chi connectivity index (χ4v) is 0.682. The van der Waals surface area contributed by atoms with Crippen LogP contribution in [-0.2, 0) is 4.79 Å². The number of hydrogen-bond donors (Lipinski definition) is 1. The van der Waals surface area contributed by atoms with Gasteiger partial charge in [0.1, 0.15) is 6.29 Å². The van der Waals surface area contributed by atoms with Gasteiger partial charge < -0.3 is 9.90 Å². The van der Waals surface area contributed by atoms with Gasteiger partial charge >= 0.3 is 0 Å². The van der Waals surface area contributed by atoms with Crippen molar-refractivity contribution in [3.8, 4) is 0 Å². The molecule has 0 aliphatic carbocycles. The van der Waals surface area contributed by atoms with Gasteiger partial charge in [-0.25, -0.2) is 0 Å². The zero-order valence-electron chi connectivity index (χ0n) is 6.92. The maximum atomic E-state index is 10.5. The van der Waals surface area contributed by atoms with Crippen molar-refractivity contribution in [3.05, 3.63) is 0 Å². The van der Waals surface area contributed by atoms with Crippen molar-refractivity contribution in [2.75, 3.05) is 6.61 Å². The van der Waals surface area contributed by atoms with Crippen molar-refractivity contribution < 1.29 is 9.90 Å². The summed E-state index contributed by atoms with van der Waals surface area (Å²) >= 11 is 0.